The van der Waals surface area contributed by atoms with Crippen molar-refractivity contribution in [1.82, 2.24) is 15.6 Å². The number of hydrogen-bond acceptors (Lipinski definition) is 5. The van der Waals surface area contributed by atoms with Crippen molar-refractivity contribution in [1.29, 1.82) is 0 Å². The fraction of sp³-hybridized carbons (Fsp3) is 0.733. The van der Waals surface area contributed by atoms with Gasteiger partial charge in [0.2, 0.25) is 0 Å². The van der Waals surface area contributed by atoms with Crippen LogP contribution in [0.4, 0.5) is 0 Å². The van der Waals surface area contributed by atoms with Crippen molar-refractivity contribution in [2.24, 2.45) is 4.99 Å². The largest absolute Gasteiger partial charge is 0.357 e. The molecule has 0 spiro atoms. The molecule has 1 unspecified atom stereocenters. The zero-order chi connectivity index (χ0) is 17.5. The number of hydrogen-bond donors (Lipinski definition) is 2. The molecular weight excluding hydrogens is 332 g/mol. The van der Waals surface area contributed by atoms with Crippen LogP contribution in [0.2, 0.25) is 0 Å². The number of sulfone groups is 1. The van der Waals surface area contributed by atoms with Crippen LogP contribution in [0.5, 0.6) is 0 Å². The average molecular weight is 361 g/mol. The Morgan fingerprint density at radius 2 is 2.09 bits per heavy atom. The first-order chi connectivity index (χ1) is 10.7. The molecule has 0 amide bonds. The minimum atomic E-state index is -2.94. The predicted octanol–water partition coefficient (Wildman–Crippen LogP) is 2.14. The summed E-state index contributed by atoms with van der Waals surface area (Å²) in [6.07, 6.45) is 1.81. The molecule has 23 heavy (non-hydrogen) atoms. The highest BCUT2D eigenvalue weighted by Crippen LogP contribution is 2.19. The summed E-state index contributed by atoms with van der Waals surface area (Å²) < 4.78 is 22.5. The fourth-order valence-electron chi connectivity index (χ4n) is 1.84. The average Bonchev–Trinajstić information content (AvgIpc) is 2.91. The molecule has 1 aromatic rings. The number of guanidine groups is 1. The molecule has 1 aromatic heterocycles. The minimum Gasteiger partial charge on any atom is -0.357 e. The summed E-state index contributed by atoms with van der Waals surface area (Å²) in [6, 6.07) is 0.0317. The smallest absolute Gasteiger partial charge is 0.191 e. The molecule has 1 heterocycles. The molecule has 6 nitrogen and oxygen atoms in total. The van der Waals surface area contributed by atoms with Crippen LogP contribution in [-0.2, 0) is 16.4 Å². The first-order valence-electron chi connectivity index (χ1n) is 7.88. The molecule has 0 radical (unpaired) electrons. The Morgan fingerprint density at radius 3 is 2.61 bits per heavy atom. The van der Waals surface area contributed by atoms with Gasteiger partial charge in [-0.1, -0.05) is 13.8 Å². The maximum absolute atomic E-state index is 11.2. The zero-order valence-corrected chi connectivity index (χ0v) is 16.2. The molecule has 0 aromatic carbocycles. The quantitative estimate of drug-likeness (QED) is 0.548. The van der Waals surface area contributed by atoms with E-state index in [9.17, 15) is 8.42 Å². The summed E-state index contributed by atoms with van der Waals surface area (Å²) in [5, 5.41) is 9.57. The number of rotatable bonds is 8. The Balaban J connectivity index is 2.61. The van der Waals surface area contributed by atoms with Gasteiger partial charge in [-0.2, -0.15) is 0 Å². The summed E-state index contributed by atoms with van der Waals surface area (Å²) in [4.78, 5) is 9.10. The third-order valence-electron chi connectivity index (χ3n) is 3.11. The van der Waals surface area contributed by atoms with Gasteiger partial charge < -0.3 is 10.6 Å². The van der Waals surface area contributed by atoms with Crippen LogP contribution in [0, 0.1) is 0 Å². The molecule has 1 atom stereocenters. The third kappa shape index (κ3) is 8.31. The van der Waals surface area contributed by atoms with Gasteiger partial charge in [-0.3, -0.25) is 0 Å². The Hall–Kier alpha value is -1.15. The van der Waals surface area contributed by atoms with Crippen LogP contribution >= 0.6 is 11.3 Å². The standard InChI is InChI=1S/C15H28N4O2S2/c1-6-16-15(18-12(4)7-8-23(5,20)21)17-9-13-10-22-14(19-13)11(2)3/h10-12H,6-9H2,1-5H3,(H2,16,17,18). The van der Waals surface area contributed by atoms with Gasteiger partial charge in [0.1, 0.15) is 9.84 Å². The van der Waals surface area contributed by atoms with Gasteiger partial charge >= 0.3 is 0 Å². The monoisotopic (exact) mass is 360 g/mol. The summed E-state index contributed by atoms with van der Waals surface area (Å²) in [7, 11) is -2.94. The minimum absolute atomic E-state index is 0.0317. The van der Waals surface area contributed by atoms with Crippen molar-refractivity contribution in [3.8, 4) is 0 Å². The Labute approximate surface area is 143 Å². The lowest BCUT2D eigenvalue weighted by atomic mass is 10.2. The Bertz CT molecular complexity index is 609. The van der Waals surface area contributed by atoms with Crippen LogP contribution in [-0.4, -0.2) is 44.0 Å². The van der Waals surface area contributed by atoms with Crippen LogP contribution in [0.15, 0.2) is 10.4 Å². The Kier molecular flexibility index (Phi) is 7.98. The topological polar surface area (TPSA) is 83.4 Å². The van der Waals surface area contributed by atoms with Gasteiger partial charge in [-0.05, 0) is 20.3 Å². The van der Waals surface area contributed by atoms with Crippen LogP contribution in [0.1, 0.15) is 50.7 Å². The van der Waals surface area contributed by atoms with Crippen molar-refractivity contribution < 1.29 is 8.42 Å². The number of aliphatic imine (C=N–C) groups is 1. The third-order valence-corrected chi connectivity index (χ3v) is 5.28. The van der Waals surface area contributed by atoms with Gasteiger partial charge in [-0.25, -0.2) is 18.4 Å². The molecule has 0 saturated heterocycles. The first-order valence-corrected chi connectivity index (χ1v) is 10.8. The second-order valence-corrected chi connectivity index (χ2v) is 9.14. The molecule has 0 saturated carbocycles. The van der Waals surface area contributed by atoms with E-state index in [1.165, 1.54) is 6.26 Å². The van der Waals surface area contributed by atoms with Gasteiger partial charge in [0.25, 0.3) is 0 Å². The van der Waals surface area contributed by atoms with Crippen molar-refractivity contribution in [2.45, 2.75) is 52.6 Å². The first kappa shape index (κ1) is 19.9. The molecule has 8 heteroatoms. The van der Waals surface area contributed by atoms with E-state index < -0.39 is 9.84 Å². The summed E-state index contributed by atoms with van der Waals surface area (Å²) in [5.41, 5.74) is 0.958. The van der Waals surface area contributed by atoms with E-state index in [1.54, 1.807) is 11.3 Å². The van der Waals surface area contributed by atoms with E-state index in [0.29, 0.717) is 24.8 Å². The molecule has 2 N–H and O–H groups in total. The second-order valence-electron chi connectivity index (χ2n) is 5.99. The molecule has 0 aliphatic rings. The lowest BCUT2D eigenvalue weighted by Gasteiger charge is -2.17. The van der Waals surface area contributed by atoms with Crippen molar-refractivity contribution >= 4 is 27.1 Å². The zero-order valence-electron chi connectivity index (χ0n) is 14.6. The number of thiazole rings is 1. The maximum atomic E-state index is 11.2. The van der Waals surface area contributed by atoms with Gasteiger partial charge in [0.05, 0.1) is 23.0 Å². The summed E-state index contributed by atoms with van der Waals surface area (Å²) >= 11 is 1.66. The molecule has 132 valence electrons. The van der Waals surface area contributed by atoms with E-state index in [2.05, 4.69) is 34.5 Å². The number of aromatic nitrogens is 1. The van der Waals surface area contributed by atoms with E-state index in [4.69, 9.17) is 0 Å². The lowest BCUT2D eigenvalue weighted by molar-refractivity contribution is 0.581. The van der Waals surface area contributed by atoms with Gasteiger partial charge in [0, 0.05) is 30.1 Å². The van der Waals surface area contributed by atoms with Crippen molar-refractivity contribution in [2.75, 3.05) is 18.6 Å². The highest BCUT2D eigenvalue weighted by atomic mass is 32.2. The predicted molar refractivity (Wildman–Crippen MR) is 97.9 cm³/mol. The highest BCUT2D eigenvalue weighted by molar-refractivity contribution is 7.90. The molecular formula is C15H28N4O2S2. The van der Waals surface area contributed by atoms with Crippen LogP contribution in [0.25, 0.3) is 0 Å². The molecule has 0 bridgehead atoms. The molecule has 0 aliphatic heterocycles. The van der Waals surface area contributed by atoms with Gasteiger partial charge in [-0.15, -0.1) is 11.3 Å². The maximum Gasteiger partial charge on any atom is 0.191 e. The van der Waals surface area contributed by atoms with Crippen LogP contribution in [0.3, 0.4) is 0 Å². The molecule has 0 fully saturated rings. The van der Waals surface area contributed by atoms with Crippen molar-refractivity contribution in [3.63, 3.8) is 0 Å². The molecule has 0 aliphatic carbocycles. The summed E-state index contributed by atoms with van der Waals surface area (Å²) in [6.45, 7) is 9.47. The lowest BCUT2D eigenvalue weighted by Crippen LogP contribution is -2.42. The highest BCUT2D eigenvalue weighted by Gasteiger charge is 2.10. The number of nitrogens with zero attached hydrogens (tertiary/aromatic N) is 2. The van der Waals surface area contributed by atoms with Crippen molar-refractivity contribution in [3.05, 3.63) is 16.1 Å². The van der Waals surface area contributed by atoms with Gasteiger partial charge in [0.15, 0.2) is 5.96 Å². The second kappa shape index (κ2) is 9.22. The Morgan fingerprint density at radius 1 is 1.39 bits per heavy atom. The number of nitrogens with one attached hydrogen (secondary N) is 2. The fourth-order valence-corrected chi connectivity index (χ4v) is 3.44. The van der Waals surface area contributed by atoms with Crippen LogP contribution < -0.4 is 10.6 Å². The van der Waals surface area contributed by atoms with E-state index in [1.807, 2.05) is 19.2 Å². The van der Waals surface area contributed by atoms with E-state index in [-0.39, 0.29) is 11.8 Å². The van der Waals surface area contributed by atoms with E-state index >= 15 is 0 Å². The summed E-state index contributed by atoms with van der Waals surface area (Å²) in [5.74, 6) is 1.29. The molecule has 1 rings (SSSR count). The normalized spacial score (nSPS) is 14.1. The van der Waals surface area contributed by atoms with E-state index in [0.717, 1.165) is 17.2 Å². The SMILES string of the molecule is CCNC(=NCc1csc(C(C)C)n1)NC(C)CCS(C)(=O)=O.